The molecule has 5 nitrogen and oxygen atoms in total. The first-order chi connectivity index (χ1) is 8.29. The van der Waals surface area contributed by atoms with Crippen molar-refractivity contribution in [2.45, 2.75) is 13.5 Å². The molecule has 0 aliphatic heterocycles. The molecule has 0 unspecified atom stereocenters. The molecule has 1 N–H and O–H groups in total. The number of aryl methyl sites for hydroxylation is 1. The third kappa shape index (κ3) is 3.28. The molecule has 0 bridgehead atoms. The molecule has 0 saturated carbocycles. The fourth-order valence-electron chi connectivity index (χ4n) is 1.55. The Hall–Kier alpha value is -1.40. The lowest BCUT2D eigenvalue weighted by molar-refractivity contribution is 0.210. The van der Waals surface area contributed by atoms with Crippen molar-refractivity contribution < 1.29 is 4.74 Å². The topological polar surface area (TPSA) is 52.0 Å². The van der Waals surface area contributed by atoms with Gasteiger partial charge in [0.15, 0.2) is 0 Å². The zero-order chi connectivity index (χ0) is 12.1. The third-order valence-corrected chi connectivity index (χ3v) is 3.04. The van der Waals surface area contributed by atoms with Crippen LogP contribution < -0.4 is 5.32 Å². The number of nitrogens with one attached hydrogen (secondary N) is 1. The lowest BCUT2D eigenvalue weighted by Gasteiger charge is -2.07. The molecule has 2 rings (SSSR count). The van der Waals surface area contributed by atoms with Gasteiger partial charge in [0.05, 0.1) is 18.8 Å². The highest BCUT2D eigenvalue weighted by molar-refractivity contribution is 7.09. The normalized spacial score (nSPS) is 10.7. The Morgan fingerprint density at radius 1 is 1.53 bits per heavy atom. The van der Waals surface area contributed by atoms with E-state index in [1.54, 1.807) is 18.4 Å². The Bertz CT molecular complexity index is 452. The average Bonchev–Trinajstić information content (AvgIpc) is 2.90. The molecule has 0 amide bonds. The molecule has 0 aliphatic carbocycles. The van der Waals surface area contributed by atoms with Crippen LogP contribution in [0, 0.1) is 6.92 Å². The van der Waals surface area contributed by atoms with Crippen LogP contribution in [0.15, 0.2) is 17.8 Å². The highest BCUT2D eigenvalue weighted by atomic mass is 32.1. The Morgan fingerprint density at radius 3 is 3.12 bits per heavy atom. The predicted octanol–water partition coefficient (Wildman–Crippen LogP) is 1.75. The van der Waals surface area contributed by atoms with Gasteiger partial charge in [-0.3, -0.25) is 0 Å². The molecule has 0 spiro atoms. The summed E-state index contributed by atoms with van der Waals surface area (Å²) in [6, 6.07) is 0. The van der Waals surface area contributed by atoms with Gasteiger partial charge in [0.25, 0.3) is 0 Å². The number of imidazole rings is 1. The first-order valence-electron chi connectivity index (χ1n) is 5.44. The summed E-state index contributed by atoms with van der Waals surface area (Å²) >= 11 is 1.65. The molecular weight excluding hydrogens is 236 g/mol. The summed E-state index contributed by atoms with van der Waals surface area (Å²) in [5.41, 5.74) is 1.00. The van der Waals surface area contributed by atoms with E-state index in [1.165, 1.54) is 0 Å². The SMILES string of the molecule is COCCNc1nc(C)cn1Cc1nccs1. The molecule has 0 atom stereocenters. The highest BCUT2D eigenvalue weighted by Gasteiger charge is 2.06. The molecular formula is C11H16N4OS. The summed E-state index contributed by atoms with van der Waals surface area (Å²) in [7, 11) is 1.69. The Balaban J connectivity index is 2.05. The monoisotopic (exact) mass is 252 g/mol. The van der Waals surface area contributed by atoms with E-state index in [2.05, 4.69) is 19.9 Å². The van der Waals surface area contributed by atoms with E-state index in [4.69, 9.17) is 4.74 Å². The lowest BCUT2D eigenvalue weighted by atomic mass is 10.5. The van der Waals surface area contributed by atoms with Crippen LogP contribution in [-0.2, 0) is 11.3 Å². The van der Waals surface area contributed by atoms with Crippen molar-refractivity contribution in [1.29, 1.82) is 0 Å². The van der Waals surface area contributed by atoms with Crippen molar-refractivity contribution >= 4 is 17.3 Å². The standard InChI is InChI=1S/C11H16N4OS/c1-9-7-15(8-10-12-4-6-17-10)11(14-9)13-3-5-16-2/h4,6-7H,3,5,8H2,1-2H3,(H,13,14). The fraction of sp³-hybridized carbons (Fsp3) is 0.455. The second kappa shape index (κ2) is 5.79. The van der Waals surface area contributed by atoms with Gasteiger partial charge in [0.2, 0.25) is 5.95 Å². The quantitative estimate of drug-likeness (QED) is 0.796. The minimum atomic E-state index is 0.670. The number of aromatic nitrogens is 3. The molecule has 0 aromatic carbocycles. The Morgan fingerprint density at radius 2 is 2.41 bits per heavy atom. The van der Waals surface area contributed by atoms with Crippen LogP contribution >= 0.6 is 11.3 Å². The molecule has 92 valence electrons. The summed E-state index contributed by atoms with van der Waals surface area (Å²) in [5, 5.41) is 6.32. The Kier molecular flexibility index (Phi) is 4.11. The van der Waals surface area contributed by atoms with E-state index in [0.717, 1.165) is 29.7 Å². The molecule has 0 fully saturated rings. The molecule has 0 radical (unpaired) electrons. The van der Waals surface area contributed by atoms with Gasteiger partial charge in [0.1, 0.15) is 5.01 Å². The van der Waals surface area contributed by atoms with E-state index in [0.29, 0.717) is 6.61 Å². The van der Waals surface area contributed by atoms with Gasteiger partial charge in [-0.15, -0.1) is 11.3 Å². The molecule has 2 heterocycles. The maximum atomic E-state index is 5.01. The maximum Gasteiger partial charge on any atom is 0.203 e. The van der Waals surface area contributed by atoms with Crippen molar-refractivity contribution in [1.82, 2.24) is 14.5 Å². The number of ether oxygens (including phenoxy) is 1. The number of hydrogen-bond acceptors (Lipinski definition) is 5. The third-order valence-electron chi connectivity index (χ3n) is 2.28. The maximum absolute atomic E-state index is 5.01. The number of rotatable bonds is 6. The first-order valence-corrected chi connectivity index (χ1v) is 6.32. The van der Waals surface area contributed by atoms with Gasteiger partial charge < -0.3 is 14.6 Å². The van der Waals surface area contributed by atoms with Crippen LogP contribution in [0.25, 0.3) is 0 Å². The minimum Gasteiger partial charge on any atom is -0.383 e. The van der Waals surface area contributed by atoms with Crippen LogP contribution in [0.4, 0.5) is 5.95 Å². The summed E-state index contributed by atoms with van der Waals surface area (Å²) in [4.78, 5) is 8.71. The van der Waals surface area contributed by atoms with E-state index in [9.17, 15) is 0 Å². The Labute approximate surface area is 104 Å². The van der Waals surface area contributed by atoms with Crippen molar-refractivity contribution in [2.75, 3.05) is 25.6 Å². The van der Waals surface area contributed by atoms with Crippen LogP contribution in [0.5, 0.6) is 0 Å². The molecule has 0 aliphatic rings. The largest absolute Gasteiger partial charge is 0.383 e. The number of anilines is 1. The molecule has 0 saturated heterocycles. The lowest BCUT2D eigenvalue weighted by Crippen LogP contribution is -2.12. The van der Waals surface area contributed by atoms with E-state index < -0.39 is 0 Å². The van der Waals surface area contributed by atoms with Gasteiger partial charge in [-0.1, -0.05) is 0 Å². The average molecular weight is 252 g/mol. The highest BCUT2D eigenvalue weighted by Crippen LogP contribution is 2.13. The number of methoxy groups -OCH3 is 1. The fourth-order valence-corrected chi connectivity index (χ4v) is 2.16. The van der Waals surface area contributed by atoms with Crippen LogP contribution in [0.1, 0.15) is 10.7 Å². The number of nitrogens with zero attached hydrogens (tertiary/aromatic N) is 3. The molecule has 17 heavy (non-hydrogen) atoms. The molecule has 2 aromatic heterocycles. The molecule has 2 aromatic rings. The van der Waals surface area contributed by atoms with Crippen LogP contribution in [0.3, 0.4) is 0 Å². The van der Waals surface area contributed by atoms with E-state index >= 15 is 0 Å². The molecule has 6 heteroatoms. The van der Waals surface area contributed by atoms with Gasteiger partial charge in [-0.2, -0.15) is 0 Å². The summed E-state index contributed by atoms with van der Waals surface area (Å²) in [5.74, 6) is 0.870. The van der Waals surface area contributed by atoms with Gasteiger partial charge in [-0.25, -0.2) is 9.97 Å². The van der Waals surface area contributed by atoms with Crippen molar-refractivity contribution in [3.8, 4) is 0 Å². The second-order valence-electron chi connectivity index (χ2n) is 3.68. The van der Waals surface area contributed by atoms with E-state index in [1.807, 2.05) is 24.7 Å². The van der Waals surface area contributed by atoms with Crippen LogP contribution in [0.2, 0.25) is 0 Å². The summed E-state index contributed by atoms with van der Waals surface area (Å²) in [6.07, 6.45) is 3.85. The first kappa shape index (κ1) is 12.1. The summed E-state index contributed by atoms with van der Waals surface area (Å²) < 4.78 is 7.08. The minimum absolute atomic E-state index is 0.670. The van der Waals surface area contributed by atoms with Gasteiger partial charge >= 0.3 is 0 Å². The zero-order valence-electron chi connectivity index (χ0n) is 10.0. The van der Waals surface area contributed by atoms with Crippen molar-refractivity contribution in [3.63, 3.8) is 0 Å². The number of hydrogen-bond donors (Lipinski definition) is 1. The van der Waals surface area contributed by atoms with Gasteiger partial charge in [-0.05, 0) is 6.92 Å². The van der Waals surface area contributed by atoms with Gasteiger partial charge in [0, 0.05) is 31.4 Å². The van der Waals surface area contributed by atoms with E-state index in [-0.39, 0.29) is 0 Å². The summed E-state index contributed by atoms with van der Waals surface area (Å²) in [6.45, 7) is 4.17. The predicted molar refractivity (Wildman–Crippen MR) is 68.5 cm³/mol. The second-order valence-corrected chi connectivity index (χ2v) is 4.66. The van der Waals surface area contributed by atoms with Crippen LogP contribution in [-0.4, -0.2) is 34.8 Å². The smallest absolute Gasteiger partial charge is 0.203 e. The number of thiazole rings is 1. The van der Waals surface area contributed by atoms with Crippen molar-refractivity contribution in [3.05, 3.63) is 28.5 Å². The van der Waals surface area contributed by atoms with Crippen molar-refractivity contribution in [2.24, 2.45) is 0 Å². The zero-order valence-corrected chi connectivity index (χ0v) is 10.8.